The highest BCUT2D eigenvalue weighted by molar-refractivity contribution is 5.46. The van der Waals surface area contributed by atoms with E-state index < -0.39 is 4.92 Å². The maximum Gasteiger partial charge on any atom is 0.290 e. The molecular formula is C15H24N4O3. The van der Waals surface area contributed by atoms with Crippen LogP contribution in [0.5, 0.6) is 0 Å². The Morgan fingerprint density at radius 1 is 1.50 bits per heavy atom. The standard InChI is InChI=1S/C15H24N4O3/c1-12-9-15(17-11-14(12)19(20)21)16-10-13-3-5-18(6-4-13)7-8-22-2/h9,11,13H,3-8,10H2,1-2H3,(H,16,17). The molecule has 0 unspecified atom stereocenters. The van der Waals surface area contributed by atoms with Gasteiger partial charge in [-0.05, 0) is 44.8 Å². The molecule has 0 amide bonds. The van der Waals surface area contributed by atoms with Crippen LogP contribution >= 0.6 is 0 Å². The van der Waals surface area contributed by atoms with Crippen molar-refractivity contribution in [1.29, 1.82) is 0 Å². The average molecular weight is 308 g/mol. The van der Waals surface area contributed by atoms with E-state index in [1.807, 2.05) is 0 Å². The number of ether oxygens (including phenoxy) is 1. The molecule has 22 heavy (non-hydrogen) atoms. The van der Waals surface area contributed by atoms with Crippen LogP contribution in [0.2, 0.25) is 0 Å². The zero-order valence-electron chi connectivity index (χ0n) is 13.2. The SMILES string of the molecule is COCCN1CCC(CNc2cc(C)c([N+](=O)[O-])cn2)CC1. The molecule has 0 saturated carbocycles. The number of anilines is 1. The largest absolute Gasteiger partial charge is 0.383 e. The van der Waals surface area contributed by atoms with Crippen LogP contribution in [0, 0.1) is 23.0 Å². The van der Waals surface area contributed by atoms with Crippen molar-refractivity contribution in [2.75, 3.05) is 45.2 Å². The highest BCUT2D eigenvalue weighted by atomic mass is 16.6. The number of nitro groups is 1. The molecule has 0 atom stereocenters. The van der Waals surface area contributed by atoms with E-state index in [2.05, 4.69) is 15.2 Å². The molecule has 2 rings (SSSR count). The molecule has 0 radical (unpaired) electrons. The van der Waals surface area contributed by atoms with Gasteiger partial charge in [0.1, 0.15) is 12.0 Å². The summed E-state index contributed by atoms with van der Waals surface area (Å²) < 4.78 is 5.10. The quantitative estimate of drug-likeness (QED) is 0.613. The number of hydrogen-bond acceptors (Lipinski definition) is 6. The molecule has 0 aromatic carbocycles. The summed E-state index contributed by atoms with van der Waals surface area (Å²) in [6, 6.07) is 1.74. The first-order chi connectivity index (χ1) is 10.6. The molecule has 2 heterocycles. The Balaban J connectivity index is 1.77. The third kappa shape index (κ3) is 4.64. The number of aromatic nitrogens is 1. The zero-order chi connectivity index (χ0) is 15.9. The summed E-state index contributed by atoms with van der Waals surface area (Å²) in [6.45, 7) is 6.58. The van der Waals surface area contributed by atoms with Gasteiger partial charge < -0.3 is 15.0 Å². The highest BCUT2D eigenvalue weighted by Crippen LogP contribution is 2.21. The number of likely N-dealkylation sites (tertiary alicyclic amines) is 1. The molecule has 1 aromatic rings. The smallest absolute Gasteiger partial charge is 0.290 e. The fourth-order valence-corrected chi connectivity index (χ4v) is 2.72. The van der Waals surface area contributed by atoms with Gasteiger partial charge in [0.2, 0.25) is 0 Å². The summed E-state index contributed by atoms with van der Waals surface area (Å²) in [5.41, 5.74) is 0.703. The summed E-state index contributed by atoms with van der Waals surface area (Å²) >= 11 is 0. The number of nitrogens with one attached hydrogen (secondary N) is 1. The Morgan fingerprint density at radius 2 is 2.23 bits per heavy atom. The molecule has 0 spiro atoms. The number of piperidine rings is 1. The summed E-state index contributed by atoms with van der Waals surface area (Å²) in [5.74, 6) is 1.33. The summed E-state index contributed by atoms with van der Waals surface area (Å²) in [7, 11) is 1.73. The fourth-order valence-electron chi connectivity index (χ4n) is 2.72. The molecule has 0 bridgehead atoms. The normalized spacial score (nSPS) is 16.6. The van der Waals surface area contributed by atoms with E-state index in [1.54, 1.807) is 20.1 Å². The lowest BCUT2D eigenvalue weighted by molar-refractivity contribution is -0.385. The highest BCUT2D eigenvalue weighted by Gasteiger charge is 2.19. The van der Waals surface area contributed by atoms with Crippen LogP contribution in [-0.4, -0.2) is 54.7 Å². The van der Waals surface area contributed by atoms with Crippen LogP contribution in [0.1, 0.15) is 18.4 Å². The zero-order valence-corrected chi connectivity index (χ0v) is 13.2. The van der Waals surface area contributed by atoms with Crippen molar-refractivity contribution in [3.63, 3.8) is 0 Å². The monoisotopic (exact) mass is 308 g/mol. The second kappa shape index (κ2) is 8.05. The van der Waals surface area contributed by atoms with E-state index in [9.17, 15) is 10.1 Å². The summed E-state index contributed by atoms with van der Waals surface area (Å²) in [4.78, 5) is 16.9. The van der Waals surface area contributed by atoms with Crippen LogP contribution in [0.3, 0.4) is 0 Å². The second-order valence-electron chi connectivity index (χ2n) is 5.77. The van der Waals surface area contributed by atoms with Gasteiger partial charge in [-0.3, -0.25) is 10.1 Å². The molecule has 122 valence electrons. The van der Waals surface area contributed by atoms with Crippen LogP contribution < -0.4 is 5.32 Å². The van der Waals surface area contributed by atoms with Crippen LogP contribution in [0.15, 0.2) is 12.3 Å². The van der Waals surface area contributed by atoms with Gasteiger partial charge in [-0.25, -0.2) is 4.98 Å². The molecule has 1 aromatic heterocycles. The van der Waals surface area contributed by atoms with Crippen molar-refractivity contribution in [3.05, 3.63) is 27.9 Å². The summed E-state index contributed by atoms with van der Waals surface area (Å²) in [5, 5.41) is 14.1. The van der Waals surface area contributed by atoms with Gasteiger partial charge in [-0.15, -0.1) is 0 Å². The van der Waals surface area contributed by atoms with Gasteiger partial charge in [-0.2, -0.15) is 0 Å². The van der Waals surface area contributed by atoms with E-state index in [0.717, 1.165) is 45.6 Å². The first-order valence-electron chi connectivity index (χ1n) is 7.66. The van der Waals surface area contributed by atoms with Gasteiger partial charge in [0.05, 0.1) is 11.5 Å². The lowest BCUT2D eigenvalue weighted by atomic mass is 9.97. The van der Waals surface area contributed by atoms with Crippen LogP contribution in [0.25, 0.3) is 0 Å². The maximum absolute atomic E-state index is 10.8. The predicted molar refractivity (Wildman–Crippen MR) is 85.2 cm³/mol. The van der Waals surface area contributed by atoms with Crippen molar-refractivity contribution in [3.8, 4) is 0 Å². The Kier molecular flexibility index (Phi) is 6.09. The molecule has 1 fully saturated rings. The third-order valence-electron chi connectivity index (χ3n) is 4.17. The molecule has 1 saturated heterocycles. The number of pyridine rings is 1. The topological polar surface area (TPSA) is 80.5 Å². The lowest BCUT2D eigenvalue weighted by Gasteiger charge is -2.31. The Labute approximate surface area is 130 Å². The number of rotatable bonds is 7. The van der Waals surface area contributed by atoms with Gasteiger partial charge in [-0.1, -0.05) is 0 Å². The Hall–Kier alpha value is -1.73. The second-order valence-corrected chi connectivity index (χ2v) is 5.77. The van der Waals surface area contributed by atoms with Crippen molar-refractivity contribution in [2.24, 2.45) is 5.92 Å². The van der Waals surface area contributed by atoms with Crippen LogP contribution in [0.4, 0.5) is 11.5 Å². The van der Waals surface area contributed by atoms with Crippen molar-refractivity contribution < 1.29 is 9.66 Å². The molecule has 7 heteroatoms. The van der Waals surface area contributed by atoms with E-state index in [-0.39, 0.29) is 5.69 Å². The number of methoxy groups -OCH3 is 1. The van der Waals surface area contributed by atoms with Gasteiger partial charge in [0.15, 0.2) is 0 Å². The first kappa shape index (κ1) is 16.6. The minimum atomic E-state index is -0.401. The molecule has 0 aliphatic carbocycles. The average Bonchev–Trinajstić information content (AvgIpc) is 2.51. The third-order valence-corrected chi connectivity index (χ3v) is 4.17. The van der Waals surface area contributed by atoms with Crippen molar-refractivity contribution >= 4 is 11.5 Å². The summed E-state index contributed by atoms with van der Waals surface area (Å²) in [6.07, 6.45) is 3.64. The van der Waals surface area contributed by atoms with E-state index in [1.165, 1.54) is 6.20 Å². The van der Waals surface area contributed by atoms with Crippen molar-refractivity contribution in [1.82, 2.24) is 9.88 Å². The Bertz CT molecular complexity index is 502. The van der Waals surface area contributed by atoms with E-state index in [4.69, 9.17) is 4.74 Å². The van der Waals surface area contributed by atoms with Gasteiger partial charge >= 0.3 is 0 Å². The Morgan fingerprint density at radius 3 is 2.82 bits per heavy atom. The molecular weight excluding hydrogens is 284 g/mol. The number of aryl methyl sites for hydroxylation is 1. The number of nitrogens with zero attached hydrogens (tertiary/aromatic N) is 3. The lowest BCUT2D eigenvalue weighted by Crippen LogP contribution is -2.37. The maximum atomic E-state index is 10.8. The minimum Gasteiger partial charge on any atom is -0.383 e. The first-order valence-corrected chi connectivity index (χ1v) is 7.66. The van der Waals surface area contributed by atoms with E-state index >= 15 is 0 Å². The van der Waals surface area contributed by atoms with Gasteiger partial charge in [0.25, 0.3) is 5.69 Å². The molecule has 1 aliphatic rings. The fraction of sp³-hybridized carbons (Fsp3) is 0.667. The van der Waals surface area contributed by atoms with E-state index in [0.29, 0.717) is 17.3 Å². The van der Waals surface area contributed by atoms with Crippen molar-refractivity contribution in [2.45, 2.75) is 19.8 Å². The van der Waals surface area contributed by atoms with Crippen LogP contribution in [-0.2, 0) is 4.74 Å². The minimum absolute atomic E-state index is 0.0667. The number of hydrogen-bond donors (Lipinski definition) is 1. The molecule has 1 aliphatic heterocycles. The predicted octanol–water partition coefficient (Wildman–Crippen LogP) is 2.07. The van der Waals surface area contributed by atoms with Gasteiger partial charge in [0, 0.05) is 25.8 Å². The molecule has 7 nitrogen and oxygen atoms in total. The molecule has 1 N–H and O–H groups in total.